The average molecular weight is 338 g/mol. The van der Waals surface area contributed by atoms with Crippen molar-refractivity contribution in [2.75, 3.05) is 18.0 Å². The highest BCUT2D eigenvalue weighted by atomic mass is 32.1. The summed E-state index contributed by atoms with van der Waals surface area (Å²) in [6.45, 7) is 3.54. The molecule has 0 spiro atoms. The second-order valence-corrected chi connectivity index (χ2v) is 7.01. The van der Waals surface area contributed by atoms with Gasteiger partial charge >= 0.3 is 0 Å². The Morgan fingerprint density at radius 2 is 2.21 bits per heavy atom. The minimum atomic E-state index is -0.0288. The van der Waals surface area contributed by atoms with Gasteiger partial charge in [0, 0.05) is 25.2 Å². The summed E-state index contributed by atoms with van der Waals surface area (Å²) in [5, 5.41) is 2.04. The summed E-state index contributed by atoms with van der Waals surface area (Å²) in [6.07, 6.45) is 3.57. The van der Waals surface area contributed by atoms with Crippen LogP contribution in [0.5, 0.6) is 0 Å². The van der Waals surface area contributed by atoms with E-state index in [0.29, 0.717) is 12.2 Å². The molecule has 1 atom stereocenters. The molecule has 1 fully saturated rings. The summed E-state index contributed by atoms with van der Waals surface area (Å²) in [5.74, 6) is 1.84. The van der Waals surface area contributed by atoms with Gasteiger partial charge in [0.05, 0.1) is 10.2 Å². The van der Waals surface area contributed by atoms with E-state index < -0.39 is 0 Å². The fourth-order valence-electron chi connectivity index (χ4n) is 3.28. The zero-order chi connectivity index (χ0) is 16.5. The Bertz CT molecular complexity index is 877. The number of carbonyl (C=O) groups is 1. The first kappa shape index (κ1) is 15.2. The molecular formula is C18H18N4OS. The molecule has 0 bridgehead atoms. The molecule has 3 aromatic rings. The third kappa shape index (κ3) is 2.78. The highest BCUT2D eigenvalue weighted by molar-refractivity contribution is 7.17. The average Bonchev–Trinajstić information content (AvgIpc) is 3.09. The molecule has 1 unspecified atom stereocenters. The molecule has 3 aromatic heterocycles. The van der Waals surface area contributed by atoms with Gasteiger partial charge in [0.2, 0.25) is 0 Å². The molecule has 0 amide bonds. The SMILES string of the molecule is Cc1nc(N2CCCC(C(=O)c3ccccn3)C2)c2sccc2n1. The van der Waals surface area contributed by atoms with E-state index in [9.17, 15) is 4.79 Å². The number of nitrogens with zero attached hydrogens (tertiary/aromatic N) is 4. The Labute approximate surface area is 144 Å². The van der Waals surface area contributed by atoms with Crippen molar-refractivity contribution < 1.29 is 4.79 Å². The first-order chi connectivity index (χ1) is 11.7. The molecule has 1 aliphatic heterocycles. The molecule has 1 aliphatic rings. The van der Waals surface area contributed by atoms with Crippen LogP contribution in [0.4, 0.5) is 5.82 Å². The molecule has 5 nitrogen and oxygen atoms in total. The Morgan fingerprint density at radius 3 is 3.04 bits per heavy atom. The largest absolute Gasteiger partial charge is 0.355 e. The van der Waals surface area contributed by atoms with Crippen LogP contribution in [0, 0.1) is 12.8 Å². The van der Waals surface area contributed by atoms with Crippen LogP contribution in [-0.2, 0) is 0 Å². The topological polar surface area (TPSA) is 59.0 Å². The highest BCUT2D eigenvalue weighted by Crippen LogP contribution is 2.32. The van der Waals surface area contributed by atoms with E-state index in [0.717, 1.165) is 41.2 Å². The lowest BCUT2D eigenvalue weighted by Crippen LogP contribution is -2.39. The van der Waals surface area contributed by atoms with Crippen molar-refractivity contribution in [3.63, 3.8) is 0 Å². The van der Waals surface area contributed by atoms with Gasteiger partial charge in [-0.3, -0.25) is 9.78 Å². The summed E-state index contributed by atoms with van der Waals surface area (Å²) in [5.41, 5.74) is 1.55. The van der Waals surface area contributed by atoms with Crippen LogP contribution in [0.1, 0.15) is 29.2 Å². The Hall–Kier alpha value is -2.34. The number of fused-ring (bicyclic) bond motifs is 1. The van der Waals surface area contributed by atoms with E-state index in [-0.39, 0.29) is 11.7 Å². The maximum Gasteiger partial charge on any atom is 0.185 e. The van der Waals surface area contributed by atoms with Crippen molar-refractivity contribution in [3.05, 3.63) is 47.4 Å². The molecule has 6 heteroatoms. The summed E-state index contributed by atoms with van der Waals surface area (Å²) in [7, 11) is 0. The number of thiophene rings is 1. The number of aryl methyl sites for hydroxylation is 1. The predicted octanol–water partition coefficient (Wildman–Crippen LogP) is 3.49. The first-order valence-corrected chi connectivity index (χ1v) is 9.02. The lowest BCUT2D eigenvalue weighted by Gasteiger charge is -2.33. The molecule has 0 saturated carbocycles. The number of pyridine rings is 1. The third-order valence-corrected chi connectivity index (χ3v) is 5.31. The van der Waals surface area contributed by atoms with E-state index in [4.69, 9.17) is 0 Å². The van der Waals surface area contributed by atoms with Crippen LogP contribution < -0.4 is 4.90 Å². The number of piperidine rings is 1. The van der Waals surface area contributed by atoms with E-state index in [2.05, 4.69) is 19.9 Å². The molecular weight excluding hydrogens is 320 g/mol. The lowest BCUT2D eigenvalue weighted by molar-refractivity contribution is 0.0902. The maximum atomic E-state index is 12.7. The fourth-order valence-corrected chi connectivity index (χ4v) is 4.12. The first-order valence-electron chi connectivity index (χ1n) is 8.14. The van der Waals surface area contributed by atoms with Crippen molar-refractivity contribution in [2.24, 2.45) is 5.92 Å². The standard InChI is InChI=1S/C18H18N4OS/c1-12-20-15-7-10-24-17(15)18(21-12)22-9-4-5-13(11-22)16(23)14-6-2-3-8-19-14/h2-3,6-8,10,13H,4-5,9,11H2,1H3. The van der Waals surface area contributed by atoms with E-state index in [1.807, 2.05) is 30.5 Å². The Morgan fingerprint density at radius 1 is 1.29 bits per heavy atom. The number of carbonyl (C=O) groups excluding carboxylic acids is 1. The second-order valence-electron chi connectivity index (χ2n) is 6.09. The molecule has 4 rings (SSSR count). The minimum absolute atomic E-state index is 0.0288. The van der Waals surface area contributed by atoms with Crippen molar-refractivity contribution in [1.82, 2.24) is 15.0 Å². The van der Waals surface area contributed by atoms with Gasteiger partial charge in [-0.05, 0) is 43.3 Å². The van der Waals surface area contributed by atoms with Crippen molar-refractivity contribution >= 4 is 33.2 Å². The molecule has 1 saturated heterocycles. The molecule has 24 heavy (non-hydrogen) atoms. The fraction of sp³-hybridized carbons (Fsp3) is 0.333. The van der Waals surface area contributed by atoms with Gasteiger partial charge in [-0.25, -0.2) is 9.97 Å². The van der Waals surface area contributed by atoms with Gasteiger partial charge in [-0.15, -0.1) is 11.3 Å². The number of anilines is 1. The van der Waals surface area contributed by atoms with Crippen LogP contribution in [0.3, 0.4) is 0 Å². The zero-order valence-corrected chi connectivity index (χ0v) is 14.3. The monoisotopic (exact) mass is 338 g/mol. The normalized spacial score (nSPS) is 18.0. The van der Waals surface area contributed by atoms with Gasteiger partial charge in [-0.2, -0.15) is 0 Å². The minimum Gasteiger partial charge on any atom is -0.355 e. The maximum absolute atomic E-state index is 12.7. The van der Waals surface area contributed by atoms with Crippen LogP contribution in [0.15, 0.2) is 35.8 Å². The smallest absolute Gasteiger partial charge is 0.185 e. The van der Waals surface area contributed by atoms with Crippen LogP contribution in [-0.4, -0.2) is 33.8 Å². The number of ketones is 1. The van der Waals surface area contributed by atoms with E-state index in [1.54, 1.807) is 23.6 Å². The van der Waals surface area contributed by atoms with E-state index >= 15 is 0 Å². The number of hydrogen-bond donors (Lipinski definition) is 0. The molecule has 122 valence electrons. The number of rotatable bonds is 3. The van der Waals surface area contributed by atoms with Crippen LogP contribution in [0.25, 0.3) is 10.2 Å². The third-order valence-electron chi connectivity index (χ3n) is 4.41. The predicted molar refractivity (Wildman–Crippen MR) is 95.7 cm³/mol. The lowest BCUT2D eigenvalue weighted by atomic mass is 9.92. The van der Waals surface area contributed by atoms with Gasteiger partial charge in [0.15, 0.2) is 5.78 Å². The summed E-state index contributed by atoms with van der Waals surface area (Å²) < 4.78 is 1.10. The van der Waals surface area contributed by atoms with E-state index in [1.165, 1.54) is 0 Å². The summed E-state index contributed by atoms with van der Waals surface area (Å²) >= 11 is 1.66. The summed E-state index contributed by atoms with van der Waals surface area (Å²) in [6, 6.07) is 7.52. The zero-order valence-electron chi connectivity index (χ0n) is 13.5. The Balaban J connectivity index is 1.63. The van der Waals surface area contributed by atoms with Crippen LogP contribution in [0.2, 0.25) is 0 Å². The Kier molecular flexibility index (Phi) is 3.98. The van der Waals surface area contributed by atoms with Gasteiger partial charge in [0.25, 0.3) is 0 Å². The van der Waals surface area contributed by atoms with Crippen molar-refractivity contribution in [1.29, 1.82) is 0 Å². The number of hydrogen-bond acceptors (Lipinski definition) is 6. The molecule has 0 radical (unpaired) electrons. The van der Waals surface area contributed by atoms with Crippen molar-refractivity contribution in [2.45, 2.75) is 19.8 Å². The summed E-state index contributed by atoms with van der Waals surface area (Å²) in [4.78, 5) is 28.3. The molecule has 0 aromatic carbocycles. The van der Waals surface area contributed by atoms with Gasteiger partial charge < -0.3 is 4.90 Å². The molecule has 0 aliphatic carbocycles. The highest BCUT2D eigenvalue weighted by Gasteiger charge is 2.29. The molecule has 4 heterocycles. The van der Waals surface area contributed by atoms with Crippen molar-refractivity contribution in [3.8, 4) is 0 Å². The quantitative estimate of drug-likeness (QED) is 0.684. The van der Waals surface area contributed by atoms with Gasteiger partial charge in [0.1, 0.15) is 17.3 Å². The van der Waals surface area contributed by atoms with Crippen LogP contribution >= 0.6 is 11.3 Å². The number of Topliss-reactive ketones (excluding diaryl/α,β-unsaturated/α-hetero) is 1. The van der Waals surface area contributed by atoms with Gasteiger partial charge in [-0.1, -0.05) is 6.07 Å². The second kappa shape index (κ2) is 6.28. The molecule has 0 N–H and O–H groups in total. The number of aromatic nitrogens is 3.